The third kappa shape index (κ3) is 5.00. The Hall–Kier alpha value is -3.20. The molecule has 0 saturated carbocycles. The van der Waals surface area contributed by atoms with Crippen LogP contribution in [-0.4, -0.2) is 27.3 Å². The molecule has 0 radical (unpaired) electrons. The Labute approximate surface area is 169 Å². The third-order valence-corrected chi connectivity index (χ3v) is 5.61. The second-order valence-corrected chi connectivity index (χ2v) is 8.44. The molecule has 0 spiro atoms. The van der Waals surface area contributed by atoms with Crippen molar-refractivity contribution in [3.63, 3.8) is 0 Å². The molecule has 1 aromatic heterocycles. The fourth-order valence-electron chi connectivity index (χ4n) is 2.74. The molecule has 1 heterocycles. The van der Waals surface area contributed by atoms with Crippen molar-refractivity contribution in [3.05, 3.63) is 54.3 Å². The van der Waals surface area contributed by atoms with Crippen LogP contribution in [0.1, 0.15) is 25.6 Å². The number of nitrogens with one attached hydrogen (secondary N) is 3. The van der Waals surface area contributed by atoms with Crippen LogP contribution in [0.3, 0.4) is 0 Å². The van der Waals surface area contributed by atoms with Gasteiger partial charge in [0.2, 0.25) is 10.0 Å². The highest BCUT2D eigenvalue weighted by Gasteiger charge is 2.16. The molecule has 3 N–H and O–H groups in total. The minimum absolute atomic E-state index is 0.0573. The topological polar surface area (TPSA) is 110 Å². The number of furan rings is 1. The summed E-state index contributed by atoms with van der Waals surface area (Å²) < 4.78 is 37.0. The first kappa shape index (κ1) is 20.5. The number of amides is 2. The van der Waals surface area contributed by atoms with E-state index in [9.17, 15) is 13.2 Å². The number of fused-ring (bicyclic) bond motifs is 1. The fraction of sp³-hybridized carbons (Fsp3) is 0.250. The van der Waals surface area contributed by atoms with Gasteiger partial charge in [-0.15, -0.1) is 0 Å². The summed E-state index contributed by atoms with van der Waals surface area (Å²) in [5.74, 6) is 0.881. The molecule has 0 aliphatic heterocycles. The number of para-hydroxylation sites is 1. The highest BCUT2D eigenvalue weighted by molar-refractivity contribution is 7.92. The number of rotatable bonds is 7. The minimum Gasteiger partial charge on any atom is -0.494 e. The molecule has 0 aliphatic carbocycles. The Balaban J connectivity index is 1.68. The summed E-state index contributed by atoms with van der Waals surface area (Å²) in [6.07, 6.45) is 0. The van der Waals surface area contributed by atoms with Crippen LogP contribution >= 0.6 is 0 Å². The van der Waals surface area contributed by atoms with E-state index in [1.807, 2.05) is 37.3 Å². The van der Waals surface area contributed by atoms with Gasteiger partial charge >= 0.3 is 6.03 Å². The Bertz CT molecular complexity index is 1090. The largest absolute Gasteiger partial charge is 0.494 e. The molecule has 154 valence electrons. The second-order valence-electron chi connectivity index (χ2n) is 6.43. The van der Waals surface area contributed by atoms with Crippen LogP contribution in [0.5, 0.6) is 5.75 Å². The van der Waals surface area contributed by atoms with Gasteiger partial charge in [0.05, 0.1) is 24.6 Å². The normalized spacial score (nSPS) is 12.4. The van der Waals surface area contributed by atoms with E-state index >= 15 is 0 Å². The monoisotopic (exact) mass is 417 g/mol. The molecule has 0 bridgehead atoms. The van der Waals surface area contributed by atoms with Crippen LogP contribution in [0.4, 0.5) is 16.2 Å². The lowest BCUT2D eigenvalue weighted by atomic mass is 10.2. The summed E-state index contributed by atoms with van der Waals surface area (Å²) in [5.41, 5.74) is 1.51. The first-order chi connectivity index (χ1) is 13.8. The predicted octanol–water partition coefficient (Wildman–Crippen LogP) is 4.09. The molecule has 1 atom stereocenters. The Kier molecular flexibility index (Phi) is 5.97. The number of carbonyl (C=O) groups excluding carboxylic acids is 1. The number of methoxy groups -OCH3 is 1. The maximum absolute atomic E-state index is 12.4. The van der Waals surface area contributed by atoms with Crippen LogP contribution in [0.15, 0.2) is 52.9 Å². The van der Waals surface area contributed by atoms with E-state index in [-0.39, 0.29) is 11.8 Å². The third-order valence-electron chi connectivity index (χ3n) is 4.32. The van der Waals surface area contributed by atoms with Crippen LogP contribution in [0, 0.1) is 0 Å². The van der Waals surface area contributed by atoms with Crippen molar-refractivity contribution in [2.24, 2.45) is 0 Å². The van der Waals surface area contributed by atoms with Gasteiger partial charge in [-0.3, -0.25) is 4.72 Å². The molecule has 8 nitrogen and oxygen atoms in total. The van der Waals surface area contributed by atoms with E-state index in [4.69, 9.17) is 9.15 Å². The van der Waals surface area contributed by atoms with Crippen LogP contribution in [0.25, 0.3) is 11.0 Å². The van der Waals surface area contributed by atoms with Gasteiger partial charge < -0.3 is 19.8 Å². The molecule has 2 aromatic carbocycles. The molecule has 0 aliphatic rings. The molecular formula is C20H23N3O5S. The molecule has 0 fully saturated rings. The van der Waals surface area contributed by atoms with Gasteiger partial charge in [0, 0.05) is 17.1 Å². The summed E-state index contributed by atoms with van der Waals surface area (Å²) >= 11 is 0. The van der Waals surface area contributed by atoms with Crippen molar-refractivity contribution < 1.29 is 22.4 Å². The molecule has 3 rings (SSSR count). The van der Waals surface area contributed by atoms with Gasteiger partial charge in [0.15, 0.2) is 0 Å². The summed E-state index contributed by atoms with van der Waals surface area (Å²) in [6, 6.07) is 13.4. The average molecular weight is 417 g/mol. The van der Waals surface area contributed by atoms with E-state index in [1.54, 1.807) is 12.1 Å². The molecule has 0 saturated heterocycles. The predicted molar refractivity (Wildman–Crippen MR) is 113 cm³/mol. The zero-order valence-corrected chi connectivity index (χ0v) is 17.2. The summed E-state index contributed by atoms with van der Waals surface area (Å²) in [7, 11) is -2.02. The lowest BCUT2D eigenvalue weighted by molar-refractivity contribution is 0.248. The summed E-state index contributed by atoms with van der Waals surface area (Å²) in [5, 5.41) is 6.48. The lowest BCUT2D eigenvalue weighted by Crippen LogP contribution is -2.31. The lowest BCUT2D eigenvalue weighted by Gasteiger charge is -2.15. The number of benzene rings is 2. The SMILES string of the molecule is CCS(=O)(=O)Nc1ccc(NC(=O)NC(C)c2cc3ccccc3o2)cc1OC. The van der Waals surface area contributed by atoms with Crippen molar-refractivity contribution in [3.8, 4) is 5.75 Å². The van der Waals surface area contributed by atoms with Gasteiger partial charge in [-0.1, -0.05) is 18.2 Å². The molecule has 9 heteroatoms. The van der Waals surface area contributed by atoms with Crippen molar-refractivity contribution >= 4 is 38.4 Å². The van der Waals surface area contributed by atoms with Crippen molar-refractivity contribution in [1.82, 2.24) is 5.32 Å². The fourth-order valence-corrected chi connectivity index (χ4v) is 3.39. The van der Waals surface area contributed by atoms with E-state index in [0.29, 0.717) is 22.9 Å². The number of carbonyl (C=O) groups is 1. The van der Waals surface area contributed by atoms with Crippen molar-refractivity contribution in [2.45, 2.75) is 19.9 Å². The number of hydrogen-bond acceptors (Lipinski definition) is 5. The van der Waals surface area contributed by atoms with Gasteiger partial charge in [0.1, 0.15) is 17.1 Å². The maximum Gasteiger partial charge on any atom is 0.319 e. The number of anilines is 2. The van der Waals surface area contributed by atoms with Gasteiger partial charge in [-0.05, 0) is 38.1 Å². The Morgan fingerprint density at radius 3 is 2.62 bits per heavy atom. The molecule has 29 heavy (non-hydrogen) atoms. The molecule has 1 unspecified atom stereocenters. The minimum atomic E-state index is -3.44. The molecule has 2 amide bonds. The highest BCUT2D eigenvalue weighted by atomic mass is 32.2. The maximum atomic E-state index is 12.4. The standard InChI is InChI=1S/C20H23N3O5S/c1-4-29(25,26)23-16-10-9-15(12-19(16)27-3)22-20(24)21-13(2)18-11-14-7-5-6-8-17(14)28-18/h5-13,23H,4H2,1-3H3,(H2,21,22,24). The van der Waals surface area contributed by atoms with Crippen molar-refractivity contribution in [2.75, 3.05) is 22.9 Å². The van der Waals surface area contributed by atoms with E-state index in [0.717, 1.165) is 11.0 Å². The second kappa shape index (κ2) is 8.44. The van der Waals surface area contributed by atoms with Crippen LogP contribution in [-0.2, 0) is 10.0 Å². The van der Waals surface area contributed by atoms with Crippen LogP contribution < -0.4 is 20.1 Å². The first-order valence-corrected chi connectivity index (χ1v) is 10.7. The van der Waals surface area contributed by atoms with E-state index in [1.165, 1.54) is 20.1 Å². The Morgan fingerprint density at radius 2 is 1.93 bits per heavy atom. The summed E-state index contributed by atoms with van der Waals surface area (Å²) in [4.78, 5) is 12.4. The first-order valence-electron chi connectivity index (χ1n) is 9.06. The van der Waals surface area contributed by atoms with E-state index < -0.39 is 16.1 Å². The molecule has 3 aromatic rings. The van der Waals surface area contributed by atoms with Crippen LogP contribution in [0.2, 0.25) is 0 Å². The highest BCUT2D eigenvalue weighted by Crippen LogP contribution is 2.29. The number of hydrogen-bond donors (Lipinski definition) is 3. The van der Waals surface area contributed by atoms with Gasteiger partial charge in [-0.2, -0.15) is 0 Å². The average Bonchev–Trinajstić information content (AvgIpc) is 3.13. The smallest absolute Gasteiger partial charge is 0.319 e. The quantitative estimate of drug-likeness (QED) is 0.536. The van der Waals surface area contributed by atoms with E-state index in [2.05, 4.69) is 15.4 Å². The number of sulfonamides is 1. The summed E-state index contributed by atoms with van der Waals surface area (Å²) in [6.45, 7) is 3.36. The number of ether oxygens (including phenoxy) is 1. The number of urea groups is 1. The van der Waals surface area contributed by atoms with Gasteiger partial charge in [-0.25, -0.2) is 13.2 Å². The zero-order valence-electron chi connectivity index (χ0n) is 16.4. The Morgan fingerprint density at radius 1 is 1.17 bits per heavy atom. The van der Waals surface area contributed by atoms with Crippen molar-refractivity contribution in [1.29, 1.82) is 0 Å². The molecular weight excluding hydrogens is 394 g/mol. The zero-order chi connectivity index (χ0) is 21.0. The van der Waals surface area contributed by atoms with Gasteiger partial charge in [0.25, 0.3) is 0 Å².